The predicted octanol–water partition coefficient (Wildman–Crippen LogP) is 2.00. The van der Waals surface area contributed by atoms with Crippen LogP contribution in [0.15, 0.2) is 34.2 Å². The summed E-state index contributed by atoms with van der Waals surface area (Å²) in [5.74, 6) is 0. The van der Waals surface area contributed by atoms with Crippen LogP contribution in [0.2, 0.25) is 0 Å². The minimum absolute atomic E-state index is 0.241. The molecule has 6 heteroatoms. The van der Waals surface area contributed by atoms with Crippen LogP contribution in [0.1, 0.15) is 12.0 Å². The molecule has 0 radical (unpaired) electrons. The summed E-state index contributed by atoms with van der Waals surface area (Å²) in [6.45, 7) is 5.39. The van der Waals surface area contributed by atoms with Crippen LogP contribution in [0.5, 0.6) is 0 Å². The highest BCUT2D eigenvalue weighted by Gasteiger charge is 2.23. The van der Waals surface area contributed by atoms with E-state index in [4.69, 9.17) is 5.14 Å². The van der Waals surface area contributed by atoms with Gasteiger partial charge in [-0.25, -0.2) is 13.6 Å². The smallest absolute Gasteiger partial charge is 0.238 e. The maximum atomic E-state index is 11.6. The Hall–Kier alpha value is -0.850. The van der Waals surface area contributed by atoms with Crippen LogP contribution >= 0.6 is 15.9 Å². The zero-order valence-corrected chi connectivity index (χ0v) is 12.3. The van der Waals surface area contributed by atoms with Crippen molar-refractivity contribution in [2.75, 3.05) is 18.0 Å². The molecule has 0 spiro atoms. The Morgan fingerprint density at radius 2 is 2.22 bits per heavy atom. The number of anilines is 1. The molecule has 0 unspecified atom stereocenters. The van der Waals surface area contributed by atoms with E-state index in [1.807, 2.05) is 6.07 Å². The minimum Gasteiger partial charge on any atom is -0.366 e. The Kier molecular flexibility index (Phi) is 3.79. The zero-order chi connectivity index (χ0) is 13.3. The number of benzene rings is 1. The van der Waals surface area contributed by atoms with Crippen LogP contribution < -0.4 is 10.0 Å². The van der Waals surface area contributed by atoms with E-state index in [0.717, 1.165) is 35.1 Å². The van der Waals surface area contributed by atoms with Crippen LogP contribution in [0.4, 0.5) is 5.69 Å². The summed E-state index contributed by atoms with van der Waals surface area (Å²) in [5, 5.41) is 5.25. The Bertz CT molecular complexity index is 584. The minimum atomic E-state index is -3.66. The van der Waals surface area contributed by atoms with E-state index < -0.39 is 10.0 Å². The number of primary sulfonamides is 1. The Labute approximate surface area is 116 Å². The van der Waals surface area contributed by atoms with Crippen molar-refractivity contribution in [2.45, 2.75) is 17.7 Å². The molecule has 0 aliphatic carbocycles. The predicted molar refractivity (Wildman–Crippen MR) is 76.4 cm³/mol. The quantitative estimate of drug-likeness (QED) is 0.921. The summed E-state index contributed by atoms with van der Waals surface area (Å²) >= 11 is 3.34. The Balaban J connectivity index is 2.50. The molecule has 0 bridgehead atoms. The van der Waals surface area contributed by atoms with E-state index in [1.54, 1.807) is 12.1 Å². The number of sulfonamides is 1. The molecule has 0 saturated carbocycles. The third-order valence-corrected chi connectivity index (χ3v) is 4.22. The van der Waals surface area contributed by atoms with Crippen LogP contribution in [-0.2, 0) is 16.4 Å². The second kappa shape index (κ2) is 5.03. The van der Waals surface area contributed by atoms with E-state index in [0.29, 0.717) is 6.54 Å². The molecule has 1 aromatic carbocycles. The highest BCUT2D eigenvalue weighted by molar-refractivity contribution is 9.11. The van der Waals surface area contributed by atoms with Gasteiger partial charge in [0.25, 0.3) is 0 Å². The molecule has 0 atom stereocenters. The summed E-state index contributed by atoms with van der Waals surface area (Å²) in [5.41, 5.74) is 1.76. The number of hydrogen-bond donors (Lipinski definition) is 1. The molecule has 1 aliphatic rings. The van der Waals surface area contributed by atoms with Crippen LogP contribution in [0, 0.1) is 0 Å². The van der Waals surface area contributed by atoms with Crippen LogP contribution in [0.25, 0.3) is 0 Å². The zero-order valence-electron chi connectivity index (χ0n) is 9.89. The van der Waals surface area contributed by atoms with Crippen molar-refractivity contribution in [1.29, 1.82) is 0 Å². The van der Waals surface area contributed by atoms with Crippen molar-refractivity contribution in [3.63, 3.8) is 0 Å². The van der Waals surface area contributed by atoms with Crippen molar-refractivity contribution >= 4 is 31.6 Å². The van der Waals surface area contributed by atoms with Gasteiger partial charge in [-0.1, -0.05) is 28.6 Å². The van der Waals surface area contributed by atoms with Crippen molar-refractivity contribution in [2.24, 2.45) is 5.14 Å². The van der Waals surface area contributed by atoms with Gasteiger partial charge in [0.05, 0.1) is 4.90 Å². The van der Waals surface area contributed by atoms with E-state index in [9.17, 15) is 8.42 Å². The first-order valence-corrected chi connectivity index (χ1v) is 7.96. The van der Waals surface area contributed by atoms with Gasteiger partial charge in [0.1, 0.15) is 0 Å². The van der Waals surface area contributed by atoms with Gasteiger partial charge >= 0.3 is 0 Å². The fourth-order valence-electron chi connectivity index (χ4n) is 2.31. The molecule has 1 aliphatic heterocycles. The van der Waals surface area contributed by atoms with Crippen LogP contribution in [-0.4, -0.2) is 21.5 Å². The molecule has 1 aromatic rings. The SMILES string of the molecule is C=C(Br)CN1CCCc2c1cccc2S(N)(=O)=O. The third kappa shape index (κ3) is 2.76. The summed E-state index contributed by atoms with van der Waals surface area (Å²) in [6.07, 6.45) is 1.66. The lowest BCUT2D eigenvalue weighted by molar-refractivity contribution is 0.595. The van der Waals surface area contributed by atoms with Gasteiger partial charge in [-0.15, -0.1) is 0 Å². The molecule has 0 saturated heterocycles. The number of fused-ring (bicyclic) bond motifs is 1. The molecular formula is C12H15BrN2O2S. The largest absolute Gasteiger partial charge is 0.366 e. The summed E-state index contributed by atoms with van der Waals surface area (Å²) in [7, 11) is -3.66. The average molecular weight is 331 g/mol. The maximum absolute atomic E-state index is 11.6. The summed E-state index contributed by atoms with van der Waals surface area (Å²) < 4.78 is 24.0. The Morgan fingerprint density at radius 3 is 2.83 bits per heavy atom. The van der Waals surface area contributed by atoms with Gasteiger partial charge < -0.3 is 4.90 Å². The first kappa shape index (κ1) is 13.6. The highest BCUT2D eigenvalue weighted by Crippen LogP contribution is 2.32. The first-order chi connectivity index (χ1) is 8.39. The monoisotopic (exact) mass is 330 g/mol. The number of nitrogens with two attached hydrogens (primary N) is 1. The molecule has 0 aromatic heterocycles. The molecule has 1 heterocycles. The van der Waals surface area contributed by atoms with Gasteiger partial charge in [-0.3, -0.25) is 0 Å². The topological polar surface area (TPSA) is 63.4 Å². The Morgan fingerprint density at radius 1 is 1.50 bits per heavy atom. The number of rotatable bonds is 3. The summed E-state index contributed by atoms with van der Waals surface area (Å²) in [6, 6.07) is 5.23. The van der Waals surface area contributed by atoms with Crippen molar-refractivity contribution in [3.8, 4) is 0 Å². The molecule has 2 rings (SSSR count). The van der Waals surface area contributed by atoms with Gasteiger partial charge in [-0.2, -0.15) is 0 Å². The van der Waals surface area contributed by atoms with E-state index in [1.165, 1.54) is 0 Å². The summed E-state index contributed by atoms with van der Waals surface area (Å²) in [4.78, 5) is 2.36. The standard InChI is InChI=1S/C12H15BrN2O2S/c1-9(13)8-15-7-3-4-10-11(15)5-2-6-12(10)18(14,16)17/h2,5-6H,1,3-4,7-8H2,(H2,14,16,17). The number of nitrogens with zero attached hydrogens (tertiary/aromatic N) is 1. The fraction of sp³-hybridized carbons (Fsp3) is 0.333. The lowest BCUT2D eigenvalue weighted by atomic mass is 10.0. The molecule has 18 heavy (non-hydrogen) atoms. The highest BCUT2D eigenvalue weighted by atomic mass is 79.9. The van der Waals surface area contributed by atoms with Crippen molar-refractivity contribution in [3.05, 3.63) is 34.8 Å². The number of halogens is 1. The molecule has 0 amide bonds. The van der Waals surface area contributed by atoms with Crippen molar-refractivity contribution < 1.29 is 8.42 Å². The first-order valence-electron chi connectivity index (χ1n) is 5.62. The van der Waals surface area contributed by atoms with Gasteiger partial charge in [0, 0.05) is 23.3 Å². The second-order valence-corrected chi connectivity index (χ2v) is 6.99. The van der Waals surface area contributed by atoms with Crippen LogP contribution in [0.3, 0.4) is 0 Å². The van der Waals surface area contributed by atoms with Crippen molar-refractivity contribution in [1.82, 2.24) is 0 Å². The molecule has 2 N–H and O–H groups in total. The van der Waals surface area contributed by atoms with Gasteiger partial charge in [0.2, 0.25) is 10.0 Å². The maximum Gasteiger partial charge on any atom is 0.238 e. The van der Waals surface area contributed by atoms with E-state index in [2.05, 4.69) is 27.4 Å². The van der Waals surface area contributed by atoms with Gasteiger partial charge in [-0.05, 0) is 30.5 Å². The van der Waals surface area contributed by atoms with E-state index in [-0.39, 0.29) is 4.90 Å². The molecule has 98 valence electrons. The van der Waals surface area contributed by atoms with E-state index >= 15 is 0 Å². The molecule has 4 nitrogen and oxygen atoms in total. The van der Waals surface area contributed by atoms with Gasteiger partial charge in [0.15, 0.2) is 0 Å². The molecule has 0 fully saturated rings. The second-order valence-electron chi connectivity index (χ2n) is 4.34. The fourth-order valence-corrected chi connectivity index (χ4v) is 3.43. The average Bonchev–Trinajstić information content (AvgIpc) is 2.26. The molecular weight excluding hydrogens is 316 g/mol. The normalized spacial score (nSPS) is 15.3. The lowest BCUT2D eigenvalue weighted by Crippen LogP contribution is -2.31. The lowest BCUT2D eigenvalue weighted by Gasteiger charge is -2.32. The third-order valence-electron chi connectivity index (χ3n) is 2.97. The number of hydrogen-bond acceptors (Lipinski definition) is 3.